The first-order chi connectivity index (χ1) is 6.75. The number of amides is 1. The highest BCUT2D eigenvalue weighted by Crippen LogP contribution is 2.12. The molecule has 0 radical (unpaired) electrons. The zero-order valence-electron chi connectivity index (χ0n) is 7.48. The van der Waals surface area contributed by atoms with Crippen LogP contribution in [0.25, 0.3) is 0 Å². The van der Waals surface area contributed by atoms with E-state index in [1.165, 1.54) is 17.6 Å². The van der Waals surface area contributed by atoms with E-state index in [0.717, 1.165) is 5.69 Å². The Morgan fingerprint density at radius 3 is 3.07 bits per heavy atom. The Hall–Kier alpha value is -1.62. The zero-order chi connectivity index (χ0) is 9.97. The maximum Gasteiger partial charge on any atom is 0.301 e. The van der Waals surface area contributed by atoms with Crippen LogP contribution in [0.15, 0.2) is 28.2 Å². The SMILES string of the molecule is Cc1coc(NC(=O)c2cccs2)n1. The van der Waals surface area contributed by atoms with Gasteiger partial charge in [0.15, 0.2) is 0 Å². The monoisotopic (exact) mass is 208 g/mol. The molecule has 0 bridgehead atoms. The number of carbonyl (C=O) groups excluding carboxylic acids is 1. The third kappa shape index (κ3) is 1.82. The Kier molecular flexibility index (Phi) is 2.32. The van der Waals surface area contributed by atoms with Crippen molar-refractivity contribution < 1.29 is 9.21 Å². The Balaban J connectivity index is 2.09. The largest absolute Gasteiger partial charge is 0.432 e. The Morgan fingerprint density at radius 1 is 1.64 bits per heavy atom. The molecule has 72 valence electrons. The molecule has 1 N–H and O–H groups in total. The summed E-state index contributed by atoms with van der Waals surface area (Å²) < 4.78 is 4.99. The van der Waals surface area contributed by atoms with Crippen molar-refractivity contribution in [2.45, 2.75) is 6.92 Å². The highest BCUT2D eigenvalue weighted by molar-refractivity contribution is 7.12. The fourth-order valence-corrected chi connectivity index (χ4v) is 1.60. The van der Waals surface area contributed by atoms with Gasteiger partial charge in [-0.25, -0.2) is 0 Å². The average Bonchev–Trinajstić information content (AvgIpc) is 2.75. The molecule has 0 spiro atoms. The Bertz CT molecular complexity index is 433. The van der Waals surface area contributed by atoms with Gasteiger partial charge in [0.25, 0.3) is 5.91 Å². The highest BCUT2D eigenvalue weighted by Gasteiger charge is 2.09. The third-order valence-electron chi connectivity index (χ3n) is 1.58. The van der Waals surface area contributed by atoms with E-state index >= 15 is 0 Å². The predicted octanol–water partition coefficient (Wildman–Crippen LogP) is 2.30. The van der Waals surface area contributed by atoms with Gasteiger partial charge in [0.1, 0.15) is 6.26 Å². The first-order valence-corrected chi connectivity index (χ1v) is 4.90. The van der Waals surface area contributed by atoms with Crippen LogP contribution in [-0.2, 0) is 0 Å². The van der Waals surface area contributed by atoms with Crippen LogP contribution >= 0.6 is 11.3 Å². The van der Waals surface area contributed by atoms with Gasteiger partial charge in [-0.05, 0) is 18.4 Å². The minimum Gasteiger partial charge on any atom is -0.432 e. The number of aromatic nitrogens is 1. The number of oxazole rings is 1. The second kappa shape index (κ2) is 3.63. The summed E-state index contributed by atoms with van der Waals surface area (Å²) in [5.74, 6) is -0.193. The molecular weight excluding hydrogens is 200 g/mol. The third-order valence-corrected chi connectivity index (χ3v) is 2.45. The molecule has 1 amide bonds. The lowest BCUT2D eigenvalue weighted by Crippen LogP contribution is -2.10. The number of thiophene rings is 1. The standard InChI is InChI=1S/C9H8N2O2S/c1-6-5-13-9(10-6)11-8(12)7-3-2-4-14-7/h2-5H,1H3,(H,10,11,12). The average molecular weight is 208 g/mol. The molecule has 0 saturated carbocycles. The van der Waals surface area contributed by atoms with E-state index in [1.54, 1.807) is 13.0 Å². The quantitative estimate of drug-likeness (QED) is 0.823. The number of hydrogen-bond acceptors (Lipinski definition) is 4. The van der Waals surface area contributed by atoms with Crippen molar-refractivity contribution in [2.75, 3.05) is 5.32 Å². The van der Waals surface area contributed by atoms with Gasteiger partial charge in [-0.2, -0.15) is 4.98 Å². The highest BCUT2D eigenvalue weighted by atomic mass is 32.1. The molecule has 2 aromatic rings. The van der Waals surface area contributed by atoms with E-state index in [4.69, 9.17) is 4.42 Å². The van der Waals surface area contributed by atoms with Gasteiger partial charge in [-0.1, -0.05) is 6.07 Å². The maximum absolute atomic E-state index is 11.5. The van der Waals surface area contributed by atoms with Crippen LogP contribution in [0.1, 0.15) is 15.4 Å². The van der Waals surface area contributed by atoms with E-state index in [2.05, 4.69) is 10.3 Å². The van der Waals surface area contributed by atoms with Gasteiger partial charge < -0.3 is 4.42 Å². The Labute approximate surface area is 84.6 Å². The van der Waals surface area contributed by atoms with Gasteiger partial charge in [0.2, 0.25) is 0 Å². The van der Waals surface area contributed by atoms with E-state index < -0.39 is 0 Å². The molecule has 0 aromatic carbocycles. The number of nitrogens with one attached hydrogen (secondary N) is 1. The molecule has 0 unspecified atom stereocenters. The van der Waals surface area contributed by atoms with Crippen molar-refractivity contribution in [3.05, 3.63) is 34.3 Å². The van der Waals surface area contributed by atoms with Gasteiger partial charge in [0.05, 0.1) is 10.6 Å². The van der Waals surface area contributed by atoms with Crippen LogP contribution in [0.5, 0.6) is 0 Å². The number of nitrogens with zero attached hydrogens (tertiary/aromatic N) is 1. The number of rotatable bonds is 2. The second-order valence-corrected chi connectivity index (χ2v) is 3.67. The smallest absolute Gasteiger partial charge is 0.301 e. The van der Waals surface area contributed by atoms with Crippen molar-refractivity contribution in [3.8, 4) is 0 Å². The zero-order valence-corrected chi connectivity index (χ0v) is 8.30. The summed E-state index contributed by atoms with van der Waals surface area (Å²) in [7, 11) is 0. The number of hydrogen-bond donors (Lipinski definition) is 1. The maximum atomic E-state index is 11.5. The minimum atomic E-state index is -0.193. The molecule has 0 aliphatic heterocycles. The molecule has 14 heavy (non-hydrogen) atoms. The molecule has 4 nitrogen and oxygen atoms in total. The molecular formula is C9H8N2O2S. The summed E-state index contributed by atoms with van der Waals surface area (Å²) in [6.07, 6.45) is 1.49. The molecule has 0 fully saturated rings. The molecule has 5 heteroatoms. The van der Waals surface area contributed by atoms with Crippen molar-refractivity contribution in [2.24, 2.45) is 0 Å². The van der Waals surface area contributed by atoms with Crippen molar-refractivity contribution in [1.82, 2.24) is 4.98 Å². The summed E-state index contributed by atoms with van der Waals surface area (Å²) in [5.41, 5.74) is 0.742. The number of aryl methyl sites for hydroxylation is 1. The van der Waals surface area contributed by atoms with Crippen molar-refractivity contribution >= 4 is 23.3 Å². The van der Waals surface area contributed by atoms with Gasteiger partial charge in [-0.15, -0.1) is 11.3 Å². The van der Waals surface area contributed by atoms with Gasteiger partial charge in [-0.3, -0.25) is 10.1 Å². The summed E-state index contributed by atoms with van der Waals surface area (Å²) in [5, 5.41) is 4.40. The van der Waals surface area contributed by atoms with Crippen LogP contribution in [0.2, 0.25) is 0 Å². The molecule has 0 aliphatic carbocycles. The van der Waals surface area contributed by atoms with Gasteiger partial charge >= 0.3 is 6.01 Å². The number of anilines is 1. The first kappa shape index (κ1) is 8.96. The topological polar surface area (TPSA) is 55.1 Å². The lowest BCUT2D eigenvalue weighted by molar-refractivity contribution is 0.102. The first-order valence-electron chi connectivity index (χ1n) is 4.03. The van der Waals surface area contributed by atoms with Crippen LogP contribution in [0.4, 0.5) is 6.01 Å². The minimum absolute atomic E-state index is 0.193. The fraction of sp³-hybridized carbons (Fsp3) is 0.111. The number of carbonyl (C=O) groups is 1. The second-order valence-electron chi connectivity index (χ2n) is 2.73. The summed E-state index contributed by atoms with van der Waals surface area (Å²) in [4.78, 5) is 16.1. The predicted molar refractivity (Wildman–Crippen MR) is 53.5 cm³/mol. The van der Waals surface area contributed by atoms with E-state index in [9.17, 15) is 4.79 Å². The van der Waals surface area contributed by atoms with Crippen LogP contribution in [0, 0.1) is 6.92 Å². The molecule has 2 rings (SSSR count). The van der Waals surface area contributed by atoms with E-state index in [-0.39, 0.29) is 11.9 Å². The van der Waals surface area contributed by atoms with Crippen LogP contribution in [-0.4, -0.2) is 10.9 Å². The van der Waals surface area contributed by atoms with Gasteiger partial charge in [0, 0.05) is 0 Å². The van der Waals surface area contributed by atoms with E-state index in [0.29, 0.717) is 4.88 Å². The normalized spacial score (nSPS) is 10.1. The molecule has 0 atom stereocenters. The lowest BCUT2D eigenvalue weighted by atomic mass is 10.4. The van der Waals surface area contributed by atoms with Crippen LogP contribution in [0.3, 0.4) is 0 Å². The molecule has 0 saturated heterocycles. The van der Waals surface area contributed by atoms with Crippen molar-refractivity contribution in [1.29, 1.82) is 0 Å². The molecule has 2 heterocycles. The van der Waals surface area contributed by atoms with Crippen LogP contribution < -0.4 is 5.32 Å². The Morgan fingerprint density at radius 2 is 2.50 bits per heavy atom. The lowest BCUT2D eigenvalue weighted by Gasteiger charge is -1.95. The van der Waals surface area contributed by atoms with Crippen molar-refractivity contribution in [3.63, 3.8) is 0 Å². The fourth-order valence-electron chi connectivity index (χ4n) is 0.978. The van der Waals surface area contributed by atoms with E-state index in [1.807, 2.05) is 11.4 Å². The summed E-state index contributed by atoms with van der Waals surface area (Å²) >= 11 is 1.38. The summed E-state index contributed by atoms with van der Waals surface area (Å²) in [6, 6.07) is 3.80. The molecule has 2 aromatic heterocycles. The molecule has 0 aliphatic rings. The summed E-state index contributed by atoms with van der Waals surface area (Å²) in [6.45, 7) is 1.80.